The molecule has 0 saturated carbocycles. The van der Waals surface area contributed by atoms with Crippen molar-refractivity contribution in [3.63, 3.8) is 0 Å². The lowest BCUT2D eigenvalue weighted by atomic mass is 10.1. The van der Waals surface area contributed by atoms with Gasteiger partial charge in [-0.25, -0.2) is 0 Å². The maximum atomic E-state index is 6.25. The molecule has 0 aliphatic carbocycles. The Morgan fingerprint density at radius 3 is 2.83 bits per heavy atom. The number of alkyl halides is 1. The molecule has 100 valence electrons. The summed E-state index contributed by atoms with van der Waals surface area (Å²) in [5.41, 5.74) is 2.36. The molecular formula is C14H20BrClN2. The molecule has 0 N–H and O–H groups in total. The number of hydrogen-bond acceptors (Lipinski definition) is 2. The smallest absolute Gasteiger partial charge is 0.0467 e. The second-order valence-corrected chi connectivity index (χ2v) is 6.17. The van der Waals surface area contributed by atoms with Crippen molar-refractivity contribution >= 4 is 33.2 Å². The van der Waals surface area contributed by atoms with E-state index in [1.165, 1.54) is 25.2 Å². The minimum atomic E-state index is 0.773. The van der Waals surface area contributed by atoms with E-state index in [0.29, 0.717) is 0 Å². The Kier molecular flexibility index (Phi) is 4.93. The molecular weight excluding hydrogens is 312 g/mol. The van der Waals surface area contributed by atoms with Crippen molar-refractivity contribution in [3.8, 4) is 0 Å². The van der Waals surface area contributed by atoms with E-state index in [-0.39, 0.29) is 0 Å². The molecule has 0 amide bonds. The molecule has 1 saturated heterocycles. The zero-order valence-electron chi connectivity index (χ0n) is 11.0. The fourth-order valence-electron chi connectivity index (χ4n) is 2.55. The van der Waals surface area contributed by atoms with Gasteiger partial charge in [0, 0.05) is 36.2 Å². The first-order chi connectivity index (χ1) is 8.60. The van der Waals surface area contributed by atoms with Crippen molar-refractivity contribution in [2.45, 2.75) is 11.8 Å². The molecule has 1 heterocycles. The van der Waals surface area contributed by atoms with Crippen molar-refractivity contribution in [1.82, 2.24) is 4.90 Å². The lowest BCUT2D eigenvalue weighted by molar-refractivity contribution is 0.396. The lowest BCUT2D eigenvalue weighted by Gasteiger charge is -2.23. The van der Waals surface area contributed by atoms with E-state index >= 15 is 0 Å². The molecule has 1 atom stereocenters. The molecule has 0 bridgehead atoms. The predicted octanol–water partition coefficient (Wildman–Crippen LogP) is 3.62. The Bertz CT molecular complexity index is 411. The number of rotatable bonds is 4. The van der Waals surface area contributed by atoms with E-state index in [9.17, 15) is 0 Å². The molecule has 18 heavy (non-hydrogen) atoms. The van der Waals surface area contributed by atoms with E-state index in [2.05, 4.69) is 58.0 Å². The van der Waals surface area contributed by atoms with Crippen LogP contribution in [-0.4, -0.2) is 38.6 Å². The van der Waals surface area contributed by atoms with E-state index in [1.54, 1.807) is 0 Å². The van der Waals surface area contributed by atoms with Crippen LogP contribution in [0.1, 0.15) is 12.0 Å². The quantitative estimate of drug-likeness (QED) is 0.778. The van der Waals surface area contributed by atoms with Gasteiger partial charge in [0.15, 0.2) is 0 Å². The molecule has 1 fully saturated rings. The summed E-state index contributed by atoms with van der Waals surface area (Å²) in [6.45, 7) is 3.54. The van der Waals surface area contributed by atoms with Crippen LogP contribution in [0.15, 0.2) is 18.2 Å². The third kappa shape index (κ3) is 3.40. The lowest BCUT2D eigenvalue weighted by Crippen LogP contribution is -2.27. The molecule has 1 aliphatic heterocycles. The van der Waals surface area contributed by atoms with Gasteiger partial charge in [0.1, 0.15) is 0 Å². The molecule has 1 unspecified atom stereocenters. The van der Waals surface area contributed by atoms with Gasteiger partial charge in [-0.2, -0.15) is 0 Å². The van der Waals surface area contributed by atoms with Crippen LogP contribution in [0.25, 0.3) is 0 Å². The number of benzene rings is 1. The number of anilines is 1. The molecule has 0 spiro atoms. The summed E-state index contributed by atoms with van der Waals surface area (Å²) in [4.78, 5) is 4.72. The highest BCUT2D eigenvalue weighted by molar-refractivity contribution is 9.08. The highest BCUT2D eigenvalue weighted by Crippen LogP contribution is 2.26. The molecule has 2 nitrogen and oxygen atoms in total. The second-order valence-electron chi connectivity index (χ2n) is 5.21. The maximum Gasteiger partial charge on any atom is 0.0467 e. The zero-order chi connectivity index (χ0) is 13.1. The van der Waals surface area contributed by atoms with Crippen LogP contribution in [0.3, 0.4) is 0 Å². The normalized spacial score (nSPS) is 20.3. The first-order valence-corrected chi connectivity index (χ1v) is 7.84. The summed E-state index contributed by atoms with van der Waals surface area (Å²) in [6, 6.07) is 6.32. The summed E-state index contributed by atoms with van der Waals surface area (Å²) in [7, 11) is 4.35. The van der Waals surface area contributed by atoms with Crippen LogP contribution in [0.2, 0.25) is 5.02 Å². The first-order valence-electron chi connectivity index (χ1n) is 6.34. The van der Waals surface area contributed by atoms with Crippen molar-refractivity contribution in [1.29, 1.82) is 0 Å². The molecule has 1 aliphatic rings. The summed E-state index contributed by atoms with van der Waals surface area (Å²) < 4.78 is 0. The van der Waals surface area contributed by atoms with Gasteiger partial charge in [-0.05, 0) is 43.6 Å². The number of hydrogen-bond donors (Lipinski definition) is 0. The van der Waals surface area contributed by atoms with Gasteiger partial charge in [0.25, 0.3) is 0 Å². The molecule has 1 aromatic rings. The summed E-state index contributed by atoms with van der Waals surface area (Å²) in [6.07, 6.45) is 1.30. The molecule has 2 rings (SSSR count). The highest BCUT2D eigenvalue weighted by atomic mass is 79.9. The number of nitrogens with zero attached hydrogens (tertiary/aromatic N) is 2. The topological polar surface area (TPSA) is 6.48 Å². The molecule has 0 radical (unpaired) electrons. The highest BCUT2D eigenvalue weighted by Gasteiger charge is 2.20. The number of likely N-dealkylation sites (tertiary alicyclic amines) is 1. The largest absolute Gasteiger partial charge is 0.374 e. The Balaban J connectivity index is 2.00. The van der Waals surface area contributed by atoms with Gasteiger partial charge in [-0.15, -0.1) is 0 Å². The van der Waals surface area contributed by atoms with Crippen molar-refractivity contribution in [3.05, 3.63) is 28.8 Å². The first kappa shape index (κ1) is 14.2. The number of halogens is 2. The fraction of sp³-hybridized carbons (Fsp3) is 0.571. The SMILES string of the molecule is CN1CCC(CN(C)c2ccc(CBr)c(Cl)c2)C1. The van der Waals surface area contributed by atoms with Crippen molar-refractivity contribution < 1.29 is 0 Å². The average molecular weight is 332 g/mol. The third-order valence-corrected chi connectivity index (χ3v) is 4.60. The van der Waals surface area contributed by atoms with Crippen LogP contribution >= 0.6 is 27.5 Å². The van der Waals surface area contributed by atoms with E-state index in [0.717, 1.165) is 28.4 Å². The average Bonchev–Trinajstić information content (AvgIpc) is 2.74. The van der Waals surface area contributed by atoms with E-state index < -0.39 is 0 Å². The maximum absolute atomic E-state index is 6.25. The van der Waals surface area contributed by atoms with Crippen molar-refractivity contribution in [2.24, 2.45) is 5.92 Å². The monoisotopic (exact) mass is 330 g/mol. The summed E-state index contributed by atoms with van der Waals surface area (Å²) in [5, 5.41) is 1.66. The Morgan fingerprint density at radius 2 is 2.28 bits per heavy atom. The van der Waals surface area contributed by atoms with E-state index in [1.807, 2.05) is 0 Å². The summed E-state index contributed by atoms with van der Waals surface area (Å²) in [5.74, 6) is 0.773. The van der Waals surface area contributed by atoms with Crippen molar-refractivity contribution in [2.75, 3.05) is 38.6 Å². The second kappa shape index (κ2) is 6.27. The third-order valence-electron chi connectivity index (χ3n) is 3.64. The van der Waals surface area contributed by atoms with Gasteiger partial charge < -0.3 is 9.80 Å². The van der Waals surface area contributed by atoms with Crippen LogP contribution in [0.4, 0.5) is 5.69 Å². The van der Waals surface area contributed by atoms with Crippen LogP contribution in [-0.2, 0) is 5.33 Å². The zero-order valence-corrected chi connectivity index (χ0v) is 13.3. The van der Waals surface area contributed by atoms with Gasteiger partial charge in [0.05, 0.1) is 0 Å². The van der Waals surface area contributed by atoms with Crippen LogP contribution in [0, 0.1) is 5.92 Å². The van der Waals surface area contributed by atoms with Crippen LogP contribution in [0.5, 0.6) is 0 Å². The minimum Gasteiger partial charge on any atom is -0.374 e. The summed E-state index contributed by atoms with van der Waals surface area (Å²) >= 11 is 9.69. The van der Waals surface area contributed by atoms with Gasteiger partial charge >= 0.3 is 0 Å². The van der Waals surface area contributed by atoms with Gasteiger partial charge in [0.2, 0.25) is 0 Å². The Morgan fingerprint density at radius 1 is 1.50 bits per heavy atom. The fourth-order valence-corrected chi connectivity index (χ4v) is 3.44. The predicted molar refractivity (Wildman–Crippen MR) is 83.0 cm³/mol. The molecule has 0 aromatic heterocycles. The van der Waals surface area contributed by atoms with Crippen LogP contribution < -0.4 is 4.90 Å². The molecule has 1 aromatic carbocycles. The Hall–Kier alpha value is -0.250. The van der Waals surface area contributed by atoms with E-state index in [4.69, 9.17) is 11.6 Å². The minimum absolute atomic E-state index is 0.773. The van der Waals surface area contributed by atoms with Gasteiger partial charge in [-0.3, -0.25) is 0 Å². The standard InChI is InChI=1S/C14H20BrClN2/c1-17-6-5-11(9-17)10-18(2)13-4-3-12(8-15)14(16)7-13/h3-4,7,11H,5-6,8-10H2,1-2H3. The Labute approximate surface area is 123 Å². The van der Waals surface area contributed by atoms with Gasteiger partial charge in [-0.1, -0.05) is 33.6 Å². The molecule has 4 heteroatoms.